The minimum Gasteiger partial charge on any atom is -0.380 e. The maximum atomic E-state index is 11.9. The normalized spacial score (nSPS) is 17.6. The lowest BCUT2D eigenvalue weighted by Crippen LogP contribution is -2.36. The van der Waals surface area contributed by atoms with E-state index in [0.717, 1.165) is 17.9 Å². The number of ether oxygens (including phenoxy) is 1. The molecule has 1 unspecified atom stereocenters. The van der Waals surface area contributed by atoms with E-state index in [2.05, 4.69) is 5.32 Å². The molecule has 3 N–H and O–H groups in total. The van der Waals surface area contributed by atoms with Crippen molar-refractivity contribution in [2.45, 2.75) is 30.8 Å². The summed E-state index contributed by atoms with van der Waals surface area (Å²) in [5.74, 6) is -0.0115. The van der Waals surface area contributed by atoms with Crippen LogP contribution in [-0.4, -0.2) is 32.2 Å². The highest BCUT2D eigenvalue weighted by atomic mass is 35.5. The molecule has 0 bridgehead atoms. The zero-order valence-electron chi connectivity index (χ0n) is 11.7. The van der Waals surface area contributed by atoms with Crippen LogP contribution in [0.25, 0.3) is 0 Å². The summed E-state index contributed by atoms with van der Waals surface area (Å²) in [6.07, 6.45) is 2.29. The lowest BCUT2D eigenvalue weighted by atomic mass is 9.96. The van der Waals surface area contributed by atoms with E-state index < -0.39 is 0 Å². The SMILES string of the molecule is COC(CN)CC(=O)NCC1(c2ccc(Cl)cc2)CC1. The van der Waals surface area contributed by atoms with E-state index in [4.69, 9.17) is 22.1 Å². The molecule has 1 amide bonds. The Morgan fingerprint density at radius 2 is 2.10 bits per heavy atom. The Morgan fingerprint density at radius 1 is 1.45 bits per heavy atom. The van der Waals surface area contributed by atoms with E-state index in [1.54, 1.807) is 7.11 Å². The van der Waals surface area contributed by atoms with Crippen LogP contribution < -0.4 is 11.1 Å². The van der Waals surface area contributed by atoms with Gasteiger partial charge in [0.25, 0.3) is 0 Å². The number of carbonyl (C=O) groups is 1. The monoisotopic (exact) mass is 296 g/mol. The van der Waals surface area contributed by atoms with Gasteiger partial charge >= 0.3 is 0 Å². The van der Waals surface area contributed by atoms with E-state index in [1.165, 1.54) is 5.56 Å². The van der Waals surface area contributed by atoms with Gasteiger partial charge in [-0.25, -0.2) is 0 Å². The largest absolute Gasteiger partial charge is 0.380 e. The van der Waals surface area contributed by atoms with Gasteiger partial charge in [0, 0.05) is 30.6 Å². The first-order valence-electron chi connectivity index (χ1n) is 6.85. The Labute approximate surface area is 124 Å². The van der Waals surface area contributed by atoms with Crippen molar-refractivity contribution >= 4 is 17.5 Å². The van der Waals surface area contributed by atoms with Gasteiger partial charge in [-0.15, -0.1) is 0 Å². The van der Waals surface area contributed by atoms with Gasteiger partial charge in [-0.2, -0.15) is 0 Å². The lowest BCUT2D eigenvalue weighted by Gasteiger charge is -2.18. The topological polar surface area (TPSA) is 64.3 Å². The molecule has 4 nitrogen and oxygen atoms in total. The van der Waals surface area contributed by atoms with Gasteiger partial charge in [-0.1, -0.05) is 23.7 Å². The Balaban J connectivity index is 1.87. The quantitative estimate of drug-likeness (QED) is 0.807. The summed E-state index contributed by atoms with van der Waals surface area (Å²) in [4.78, 5) is 11.9. The van der Waals surface area contributed by atoms with Crippen molar-refractivity contribution in [2.75, 3.05) is 20.2 Å². The molecule has 1 saturated carbocycles. The highest BCUT2D eigenvalue weighted by Gasteiger charge is 2.44. The minimum atomic E-state index is -0.208. The Hall–Kier alpha value is -1.10. The Bertz CT molecular complexity index is 453. The fourth-order valence-corrected chi connectivity index (χ4v) is 2.46. The number of rotatable bonds is 7. The van der Waals surface area contributed by atoms with E-state index >= 15 is 0 Å². The molecule has 20 heavy (non-hydrogen) atoms. The second kappa shape index (κ2) is 6.57. The Kier molecular flexibility index (Phi) is 5.02. The summed E-state index contributed by atoms with van der Waals surface area (Å²) < 4.78 is 5.12. The van der Waals surface area contributed by atoms with Crippen LogP contribution in [0.4, 0.5) is 0 Å². The molecule has 1 atom stereocenters. The zero-order valence-corrected chi connectivity index (χ0v) is 12.5. The summed E-state index contributed by atoms with van der Waals surface area (Å²) in [6, 6.07) is 7.88. The second-order valence-corrected chi connectivity index (χ2v) is 5.80. The molecule has 0 spiro atoms. The van der Waals surface area contributed by atoms with Crippen LogP contribution in [0.15, 0.2) is 24.3 Å². The van der Waals surface area contributed by atoms with Crippen LogP contribution >= 0.6 is 11.6 Å². The van der Waals surface area contributed by atoms with Crippen LogP contribution in [0.5, 0.6) is 0 Å². The van der Waals surface area contributed by atoms with Crippen LogP contribution in [0.2, 0.25) is 5.02 Å². The molecule has 1 aromatic rings. The van der Waals surface area contributed by atoms with Crippen LogP contribution in [0.1, 0.15) is 24.8 Å². The first-order valence-corrected chi connectivity index (χ1v) is 7.23. The van der Waals surface area contributed by atoms with Crippen LogP contribution in [0, 0.1) is 0 Å². The standard InChI is InChI=1S/C15H21ClN2O2/c1-20-13(9-17)8-14(19)18-10-15(6-7-15)11-2-4-12(16)5-3-11/h2-5,13H,6-10,17H2,1H3,(H,18,19). The fraction of sp³-hybridized carbons (Fsp3) is 0.533. The molecular weight excluding hydrogens is 276 g/mol. The summed E-state index contributed by atoms with van der Waals surface area (Å²) in [5, 5.41) is 3.73. The van der Waals surface area contributed by atoms with Crippen molar-refractivity contribution in [3.05, 3.63) is 34.9 Å². The molecule has 1 fully saturated rings. The molecule has 0 aliphatic heterocycles. The molecule has 2 rings (SSSR count). The maximum Gasteiger partial charge on any atom is 0.222 e. The second-order valence-electron chi connectivity index (χ2n) is 5.36. The van der Waals surface area contributed by atoms with Crippen molar-refractivity contribution in [3.63, 3.8) is 0 Å². The molecule has 0 heterocycles. The minimum absolute atomic E-state index is 0.0115. The molecule has 1 aliphatic carbocycles. The third kappa shape index (κ3) is 3.72. The number of nitrogens with one attached hydrogen (secondary N) is 1. The Morgan fingerprint density at radius 3 is 2.60 bits per heavy atom. The summed E-state index contributed by atoms with van der Waals surface area (Å²) in [6.45, 7) is 1.01. The van der Waals surface area contributed by atoms with Gasteiger partial charge in [0.15, 0.2) is 0 Å². The molecule has 1 aliphatic rings. The van der Waals surface area contributed by atoms with Gasteiger partial charge < -0.3 is 15.8 Å². The van der Waals surface area contributed by atoms with E-state index in [9.17, 15) is 4.79 Å². The van der Waals surface area contributed by atoms with E-state index in [1.807, 2.05) is 24.3 Å². The molecule has 1 aromatic carbocycles. The molecule has 0 aromatic heterocycles. The van der Waals surface area contributed by atoms with Crippen molar-refractivity contribution in [2.24, 2.45) is 5.73 Å². The zero-order chi connectivity index (χ0) is 14.6. The van der Waals surface area contributed by atoms with Gasteiger partial charge in [0.1, 0.15) is 0 Å². The number of nitrogens with two attached hydrogens (primary N) is 1. The van der Waals surface area contributed by atoms with Gasteiger partial charge in [-0.05, 0) is 30.5 Å². The summed E-state index contributed by atoms with van der Waals surface area (Å²) in [7, 11) is 1.57. The third-order valence-electron chi connectivity index (χ3n) is 3.94. The number of methoxy groups -OCH3 is 1. The average Bonchev–Trinajstić information content (AvgIpc) is 3.24. The van der Waals surface area contributed by atoms with Crippen LogP contribution in [0.3, 0.4) is 0 Å². The third-order valence-corrected chi connectivity index (χ3v) is 4.20. The van der Waals surface area contributed by atoms with Crippen molar-refractivity contribution in [1.82, 2.24) is 5.32 Å². The maximum absolute atomic E-state index is 11.9. The summed E-state index contributed by atoms with van der Waals surface area (Å²) in [5.41, 5.74) is 6.84. The predicted octanol–water partition coefficient (Wildman–Crippen LogP) is 1.85. The number of hydrogen-bond donors (Lipinski definition) is 2. The van der Waals surface area contributed by atoms with Crippen molar-refractivity contribution in [3.8, 4) is 0 Å². The number of carbonyl (C=O) groups excluding carboxylic acids is 1. The first-order chi connectivity index (χ1) is 9.59. The van der Waals surface area contributed by atoms with E-state index in [0.29, 0.717) is 19.5 Å². The molecular formula is C15H21ClN2O2. The van der Waals surface area contributed by atoms with Crippen LogP contribution in [-0.2, 0) is 14.9 Å². The highest BCUT2D eigenvalue weighted by molar-refractivity contribution is 6.30. The average molecular weight is 297 g/mol. The summed E-state index contributed by atoms with van der Waals surface area (Å²) >= 11 is 5.90. The number of amides is 1. The molecule has 0 saturated heterocycles. The van der Waals surface area contributed by atoms with Gasteiger partial charge in [0.05, 0.1) is 12.5 Å². The first kappa shape index (κ1) is 15.3. The van der Waals surface area contributed by atoms with Crippen molar-refractivity contribution < 1.29 is 9.53 Å². The smallest absolute Gasteiger partial charge is 0.222 e. The predicted molar refractivity (Wildman–Crippen MR) is 79.8 cm³/mol. The number of halogens is 1. The molecule has 110 valence electrons. The molecule has 0 radical (unpaired) electrons. The number of benzene rings is 1. The lowest BCUT2D eigenvalue weighted by molar-refractivity contribution is -0.123. The van der Waals surface area contributed by atoms with Gasteiger partial charge in [0.2, 0.25) is 5.91 Å². The number of hydrogen-bond acceptors (Lipinski definition) is 3. The van der Waals surface area contributed by atoms with Gasteiger partial charge in [-0.3, -0.25) is 4.79 Å². The van der Waals surface area contributed by atoms with E-state index in [-0.39, 0.29) is 17.4 Å². The van der Waals surface area contributed by atoms with Crippen molar-refractivity contribution in [1.29, 1.82) is 0 Å². The fourth-order valence-electron chi connectivity index (χ4n) is 2.33. The molecule has 5 heteroatoms. The highest BCUT2D eigenvalue weighted by Crippen LogP contribution is 2.47.